The second-order valence-electron chi connectivity index (χ2n) is 4.11. The Kier molecular flexibility index (Phi) is 4.74. The Labute approximate surface area is 116 Å². The summed E-state index contributed by atoms with van der Waals surface area (Å²) in [6.45, 7) is 4.09. The number of thioether (sulfide) groups is 1. The van der Waals surface area contributed by atoms with Crippen LogP contribution < -0.4 is 5.73 Å². The van der Waals surface area contributed by atoms with Crippen LogP contribution in [0.2, 0.25) is 0 Å². The molecule has 96 valence electrons. The minimum Gasteiger partial charge on any atom is -0.326 e. The highest BCUT2D eigenvalue weighted by Crippen LogP contribution is 2.38. The Morgan fingerprint density at radius 1 is 1.44 bits per heavy atom. The number of aryl methyl sites for hydroxylation is 1. The molecule has 0 saturated carbocycles. The summed E-state index contributed by atoms with van der Waals surface area (Å²) in [5.74, 6) is 0. The van der Waals surface area contributed by atoms with Crippen molar-refractivity contribution in [2.75, 3.05) is 0 Å². The fourth-order valence-corrected chi connectivity index (χ4v) is 3.82. The van der Waals surface area contributed by atoms with E-state index in [4.69, 9.17) is 5.73 Å². The van der Waals surface area contributed by atoms with E-state index in [2.05, 4.69) is 34.4 Å². The van der Waals surface area contributed by atoms with Crippen LogP contribution in [0.5, 0.6) is 0 Å². The van der Waals surface area contributed by atoms with E-state index in [0.29, 0.717) is 0 Å². The van der Waals surface area contributed by atoms with Crippen LogP contribution in [0.15, 0.2) is 34.9 Å². The van der Waals surface area contributed by atoms with Crippen molar-refractivity contribution >= 4 is 23.1 Å². The van der Waals surface area contributed by atoms with Crippen LogP contribution in [-0.2, 0) is 0 Å². The largest absolute Gasteiger partial charge is 0.326 e. The maximum absolute atomic E-state index is 6.22. The Morgan fingerprint density at radius 2 is 2.28 bits per heavy atom. The average molecular weight is 279 g/mol. The third-order valence-electron chi connectivity index (χ3n) is 2.69. The van der Waals surface area contributed by atoms with E-state index in [1.165, 1.54) is 4.88 Å². The van der Waals surface area contributed by atoms with Crippen molar-refractivity contribution in [2.45, 2.75) is 36.7 Å². The Hall–Kier alpha value is -0.910. The number of hydrogen-bond acceptors (Lipinski definition) is 5. The number of rotatable bonds is 5. The molecule has 2 aromatic heterocycles. The fraction of sp³-hybridized carbons (Fsp3) is 0.385. The summed E-state index contributed by atoms with van der Waals surface area (Å²) in [5.41, 5.74) is 7.21. The maximum Gasteiger partial charge on any atom is 0.188 e. The molecular formula is C13H17N3S2. The molecule has 0 bridgehead atoms. The molecule has 2 unspecified atom stereocenters. The number of aromatic nitrogens is 2. The molecule has 0 fully saturated rings. The lowest BCUT2D eigenvalue weighted by Crippen LogP contribution is -2.25. The van der Waals surface area contributed by atoms with Gasteiger partial charge in [0.2, 0.25) is 0 Å². The lowest BCUT2D eigenvalue weighted by atomic mass is 10.1. The molecule has 2 atom stereocenters. The average Bonchev–Trinajstić information content (AvgIpc) is 2.89. The Bertz CT molecular complexity index is 485. The van der Waals surface area contributed by atoms with Gasteiger partial charge in [0.1, 0.15) is 0 Å². The molecule has 0 radical (unpaired) electrons. The fourth-order valence-electron chi connectivity index (χ4n) is 1.62. The van der Waals surface area contributed by atoms with Crippen LogP contribution in [-0.4, -0.2) is 16.0 Å². The van der Waals surface area contributed by atoms with Crippen molar-refractivity contribution in [3.63, 3.8) is 0 Å². The van der Waals surface area contributed by atoms with Gasteiger partial charge < -0.3 is 5.73 Å². The van der Waals surface area contributed by atoms with E-state index in [1.807, 2.05) is 13.0 Å². The van der Waals surface area contributed by atoms with Gasteiger partial charge in [-0.25, -0.2) is 9.97 Å². The van der Waals surface area contributed by atoms with Crippen molar-refractivity contribution in [1.82, 2.24) is 9.97 Å². The maximum atomic E-state index is 6.22. The summed E-state index contributed by atoms with van der Waals surface area (Å²) >= 11 is 3.40. The number of nitrogens with zero attached hydrogens (tertiary/aromatic N) is 2. The first-order valence-electron chi connectivity index (χ1n) is 5.96. The van der Waals surface area contributed by atoms with Gasteiger partial charge in [0.15, 0.2) is 5.16 Å². The van der Waals surface area contributed by atoms with Gasteiger partial charge in [0.25, 0.3) is 0 Å². The van der Waals surface area contributed by atoms with Crippen molar-refractivity contribution in [2.24, 2.45) is 5.73 Å². The molecule has 18 heavy (non-hydrogen) atoms. The molecule has 0 aliphatic carbocycles. The normalized spacial score (nSPS) is 14.4. The van der Waals surface area contributed by atoms with Crippen molar-refractivity contribution in [3.8, 4) is 0 Å². The predicted molar refractivity (Wildman–Crippen MR) is 78.0 cm³/mol. The molecule has 5 heteroatoms. The zero-order valence-electron chi connectivity index (χ0n) is 10.5. The molecule has 2 aromatic rings. The van der Waals surface area contributed by atoms with Crippen LogP contribution >= 0.6 is 23.1 Å². The molecule has 0 aliphatic heterocycles. The van der Waals surface area contributed by atoms with E-state index < -0.39 is 0 Å². The smallest absolute Gasteiger partial charge is 0.188 e. The first-order chi connectivity index (χ1) is 8.70. The van der Waals surface area contributed by atoms with Gasteiger partial charge in [-0.15, -0.1) is 11.3 Å². The molecule has 2 rings (SSSR count). The van der Waals surface area contributed by atoms with Gasteiger partial charge in [-0.2, -0.15) is 0 Å². The van der Waals surface area contributed by atoms with Crippen LogP contribution in [0, 0.1) is 6.92 Å². The molecule has 2 heterocycles. The Balaban J connectivity index is 2.20. The first-order valence-corrected chi connectivity index (χ1v) is 7.72. The van der Waals surface area contributed by atoms with E-state index in [9.17, 15) is 0 Å². The van der Waals surface area contributed by atoms with Gasteiger partial charge in [0, 0.05) is 22.8 Å². The van der Waals surface area contributed by atoms with E-state index in [1.54, 1.807) is 29.3 Å². The quantitative estimate of drug-likeness (QED) is 0.673. The van der Waals surface area contributed by atoms with Crippen molar-refractivity contribution in [3.05, 3.63) is 40.3 Å². The van der Waals surface area contributed by atoms with Crippen LogP contribution in [0.25, 0.3) is 0 Å². The molecule has 3 nitrogen and oxygen atoms in total. The summed E-state index contributed by atoms with van der Waals surface area (Å²) in [6.07, 6.45) is 2.75. The Morgan fingerprint density at radius 3 is 2.89 bits per heavy atom. The lowest BCUT2D eigenvalue weighted by molar-refractivity contribution is 0.638. The highest BCUT2D eigenvalue weighted by Gasteiger charge is 2.22. The highest BCUT2D eigenvalue weighted by molar-refractivity contribution is 7.99. The number of nitrogens with two attached hydrogens (primary N) is 1. The van der Waals surface area contributed by atoms with Crippen molar-refractivity contribution in [1.29, 1.82) is 0 Å². The molecular weight excluding hydrogens is 262 g/mol. The summed E-state index contributed by atoms with van der Waals surface area (Å²) in [5, 5.41) is 3.12. The molecule has 0 spiro atoms. The van der Waals surface area contributed by atoms with E-state index >= 15 is 0 Å². The minimum atomic E-state index is 0.123. The topological polar surface area (TPSA) is 51.8 Å². The van der Waals surface area contributed by atoms with Gasteiger partial charge in [-0.3, -0.25) is 0 Å². The summed E-state index contributed by atoms with van der Waals surface area (Å²) in [6, 6.07) is 6.22. The molecule has 0 amide bonds. The molecule has 0 saturated heterocycles. The zero-order chi connectivity index (χ0) is 13.0. The second kappa shape index (κ2) is 6.31. The van der Waals surface area contributed by atoms with Gasteiger partial charge in [0.05, 0.1) is 5.25 Å². The molecule has 0 aliphatic rings. The summed E-state index contributed by atoms with van der Waals surface area (Å²) in [4.78, 5) is 10.0. The van der Waals surface area contributed by atoms with E-state index in [-0.39, 0.29) is 11.3 Å². The minimum absolute atomic E-state index is 0.123. The standard InChI is InChI=1S/C13H17N3S2/c1-3-10(14)12(11-5-4-8-17-11)18-13-15-7-6-9(2)16-13/h4-8,10,12H,3,14H2,1-2H3. The van der Waals surface area contributed by atoms with E-state index in [0.717, 1.165) is 17.3 Å². The zero-order valence-corrected chi connectivity index (χ0v) is 12.2. The summed E-state index contributed by atoms with van der Waals surface area (Å²) in [7, 11) is 0. The van der Waals surface area contributed by atoms with Crippen molar-refractivity contribution < 1.29 is 0 Å². The van der Waals surface area contributed by atoms with Gasteiger partial charge in [-0.05, 0) is 30.9 Å². The lowest BCUT2D eigenvalue weighted by Gasteiger charge is -2.20. The first kappa shape index (κ1) is 13.5. The number of hydrogen-bond donors (Lipinski definition) is 1. The van der Waals surface area contributed by atoms with Crippen LogP contribution in [0.1, 0.15) is 29.2 Å². The number of thiophene rings is 1. The van der Waals surface area contributed by atoms with Crippen LogP contribution in [0.4, 0.5) is 0 Å². The molecule has 0 aromatic carbocycles. The second-order valence-corrected chi connectivity index (χ2v) is 6.19. The van der Waals surface area contributed by atoms with Gasteiger partial charge >= 0.3 is 0 Å². The van der Waals surface area contributed by atoms with Gasteiger partial charge in [-0.1, -0.05) is 24.8 Å². The molecule has 2 N–H and O–H groups in total. The summed E-state index contributed by atoms with van der Waals surface area (Å²) < 4.78 is 0. The SMILES string of the molecule is CCC(N)C(Sc1nccc(C)n1)c1cccs1. The third-order valence-corrected chi connectivity index (χ3v) is 5.06. The highest BCUT2D eigenvalue weighted by atomic mass is 32.2. The predicted octanol–water partition coefficient (Wildman–Crippen LogP) is 3.42. The van der Waals surface area contributed by atoms with Crippen LogP contribution in [0.3, 0.4) is 0 Å². The third kappa shape index (κ3) is 3.31. The monoisotopic (exact) mass is 279 g/mol.